The van der Waals surface area contributed by atoms with E-state index < -0.39 is 0 Å². The summed E-state index contributed by atoms with van der Waals surface area (Å²) >= 11 is 3.39. The molecule has 6 heteroatoms. The summed E-state index contributed by atoms with van der Waals surface area (Å²) in [4.78, 5) is 17.8. The summed E-state index contributed by atoms with van der Waals surface area (Å²) < 4.78 is 8.52. The van der Waals surface area contributed by atoms with Gasteiger partial charge in [-0.2, -0.15) is 16.8 Å². The Morgan fingerprint density at radius 3 is 2.59 bits per heavy atom. The fourth-order valence-electron chi connectivity index (χ4n) is 2.89. The summed E-state index contributed by atoms with van der Waals surface area (Å²) in [6.07, 6.45) is 3.39. The minimum Gasteiger partial charge on any atom is -0.497 e. The first-order chi connectivity index (χ1) is 13.1. The molecule has 3 aromatic rings. The number of hydrogen-bond acceptors (Lipinski definition) is 4. The van der Waals surface area contributed by atoms with E-state index in [9.17, 15) is 4.79 Å². The third-order valence-corrected chi connectivity index (χ3v) is 6.04. The average molecular weight is 401 g/mol. The third-order valence-electron chi connectivity index (χ3n) is 4.41. The summed E-state index contributed by atoms with van der Waals surface area (Å²) in [5, 5.41) is 0. The minimum absolute atomic E-state index is 0.125. The molecule has 142 valence electrons. The number of benzene rings is 2. The van der Waals surface area contributed by atoms with Crippen LogP contribution in [0.25, 0.3) is 10.2 Å². The van der Waals surface area contributed by atoms with Gasteiger partial charge in [0.25, 0.3) is 5.91 Å². The number of carbonyl (C=O) groups excluding carboxylic acids is 1. The maximum atomic E-state index is 12.6. The number of amides is 1. The Bertz CT molecular complexity index is 988. The predicted molar refractivity (Wildman–Crippen MR) is 115 cm³/mol. The van der Waals surface area contributed by atoms with Gasteiger partial charge in [0.2, 0.25) is 0 Å². The fourth-order valence-corrected chi connectivity index (χ4v) is 4.39. The van der Waals surface area contributed by atoms with E-state index in [4.69, 9.17) is 4.74 Å². The molecule has 0 unspecified atom stereocenters. The van der Waals surface area contributed by atoms with E-state index >= 15 is 0 Å². The molecule has 0 aliphatic carbocycles. The SMILES string of the molecule is CCc1ccc2c(c1)sc(=NC(=O)Cc1ccc(OC)cc1)n2CCSC. The van der Waals surface area contributed by atoms with E-state index in [0.29, 0.717) is 6.42 Å². The number of nitrogens with zero attached hydrogens (tertiary/aromatic N) is 2. The van der Waals surface area contributed by atoms with Gasteiger partial charge in [0, 0.05) is 12.3 Å². The summed E-state index contributed by atoms with van der Waals surface area (Å²) in [5.41, 5.74) is 3.40. The predicted octanol–water partition coefficient (Wildman–Crippen LogP) is 4.31. The standard InChI is InChI=1S/C21H24N2O2S2/c1-4-15-7-10-18-19(13-15)27-21(23(18)11-12-26-3)22-20(24)14-16-5-8-17(25-2)9-6-16/h5-10,13H,4,11-12,14H2,1-3H3. The molecule has 0 saturated heterocycles. The lowest BCUT2D eigenvalue weighted by atomic mass is 10.1. The molecular formula is C21H24N2O2S2. The second-order valence-corrected chi connectivity index (χ2v) is 8.21. The lowest BCUT2D eigenvalue weighted by Gasteiger charge is -2.04. The maximum Gasteiger partial charge on any atom is 0.252 e. The van der Waals surface area contributed by atoms with E-state index in [-0.39, 0.29) is 5.91 Å². The summed E-state index contributed by atoms with van der Waals surface area (Å²) in [7, 11) is 1.63. The highest BCUT2D eigenvalue weighted by Crippen LogP contribution is 2.20. The van der Waals surface area contributed by atoms with Crippen molar-refractivity contribution >= 4 is 39.2 Å². The number of carbonyl (C=O) groups is 1. The highest BCUT2D eigenvalue weighted by Gasteiger charge is 2.09. The number of rotatable bonds is 7. The first-order valence-electron chi connectivity index (χ1n) is 8.96. The molecule has 0 aliphatic heterocycles. The molecule has 2 aromatic carbocycles. The highest BCUT2D eigenvalue weighted by molar-refractivity contribution is 7.98. The fraction of sp³-hybridized carbons (Fsp3) is 0.333. The lowest BCUT2D eigenvalue weighted by Crippen LogP contribution is -2.18. The van der Waals surface area contributed by atoms with Crippen molar-refractivity contribution in [2.45, 2.75) is 26.3 Å². The topological polar surface area (TPSA) is 43.6 Å². The van der Waals surface area contributed by atoms with Crippen LogP contribution in [0.3, 0.4) is 0 Å². The number of methoxy groups -OCH3 is 1. The van der Waals surface area contributed by atoms with Crippen molar-refractivity contribution < 1.29 is 9.53 Å². The van der Waals surface area contributed by atoms with Crippen LogP contribution in [0, 0.1) is 0 Å². The molecule has 0 spiro atoms. The molecule has 0 fully saturated rings. The molecule has 1 amide bonds. The number of hydrogen-bond donors (Lipinski definition) is 0. The zero-order chi connectivity index (χ0) is 19.2. The van der Waals surface area contributed by atoms with Crippen LogP contribution < -0.4 is 9.54 Å². The van der Waals surface area contributed by atoms with E-state index in [0.717, 1.165) is 40.3 Å². The van der Waals surface area contributed by atoms with Gasteiger partial charge in [0.1, 0.15) is 5.75 Å². The number of thiazole rings is 1. The van der Waals surface area contributed by atoms with Gasteiger partial charge in [-0.15, -0.1) is 0 Å². The Hall–Kier alpha value is -2.05. The molecule has 4 nitrogen and oxygen atoms in total. The molecule has 1 aromatic heterocycles. The van der Waals surface area contributed by atoms with E-state index in [1.807, 2.05) is 24.3 Å². The van der Waals surface area contributed by atoms with Gasteiger partial charge in [0.15, 0.2) is 4.80 Å². The van der Waals surface area contributed by atoms with Gasteiger partial charge in [-0.3, -0.25) is 4.79 Å². The zero-order valence-corrected chi connectivity index (χ0v) is 17.5. The molecular weight excluding hydrogens is 376 g/mol. The van der Waals surface area contributed by atoms with Crippen LogP contribution in [-0.4, -0.2) is 29.6 Å². The summed E-state index contributed by atoms with van der Waals surface area (Å²) in [6, 6.07) is 14.1. The Morgan fingerprint density at radius 1 is 1.19 bits per heavy atom. The quantitative estimate of drug-likeness (QED) is 0.594. The molecule has 0 bridgehead atoms. The summed E-state index contributed by atoms with van der Waals surface area (Å²) in [6.45, 7) is 3.00. The highest BCUT2D eigenvalue weighted by atomic mass is 32.2. The van der Waals surface area contributed by atoms with Crippen LogP contribution in [0.15, 0.2) is 47.5 Å². The summed E-state index contributed by atoms with van der Waals surface area (Å²) in [5.74, 6) is 1.65. The Balaban J connectivity index is 1.93. The number of aromatic nitrogens is 1. The van der Waals surface area contributed by atoms with Gasteiger partial charge >= 0.3 is 0 Å². The average Bonchev–Trinajstić information content (AvgIpc) is 3.02. The largest absolute Gasteiger partial charge is 0.497 e. The van der Waals surface area contributed by atoms with Crippen molar-refractivity contribution in [1.82, 2.24) is 4.57 Å². The van der Waals surface area contributed by atoms with Crippen LogP contribution in [0.2, 0.25) is 0 Å². The molecule has 0 radical (unpaired) electrons. The van der Waals surface area contributed by atoms with E-state index in [2.05, 4.69) is 40.9 Å². The van der Waals surface area contributed by atoms with Crippen molar-refractivity contribution in [2.24, 2.45) is 4.99 Å². The van der Waals surface area contributed by atoms with Gasteiger partial charge < -0.3 is 9.30 Å². The van der Waals surface area contributed by atoms with Gasteiger partial charge in [-0.1, -0.05) is 36.5 Å². The minimum atomic E-state index is -0.125. The molecule has 27 heavy (non-hydrogen) atoms. The number of ether oxygens (including phenoxy) is 1. The van der Waals surface area contributed by atoms with E-state index in [1.54, 1.807) is 30.2 Å². The zero-order valence-electron chi connectivity index (χ0n) is 15.9. The molecule has 1 heterocycles. The molecule has 0 aliphatic rings. The Kier molecular flexibility index (Phi) is 6.74. The number of aryl methyl sites for hydroxylation is 2. The van der Waals surface area contributed by atoms with Crippen LogP contribution >= 0.6 is 23.1 Å². The second-order valence-electron chi connectivity index (χ2n) is 6.22. The maximum absolute atomic E-state index is 12.6. The normalized spacial score (nSPS) is 11.9. The number of thioether (sulfide) groups is 1. The Labute approximate surface area is 167 Å². The monoisotopic (exact) mass is 400 g/mol. The number of fused-ring (bicyclic) bond motifs is 1. The van der Waals surface area contributed by atoms with Crippen LogP contribution in [0.4, 0.5) is 0 Å². The van der Waals surface area contributed by atoms with Gasteiger partial charge in [-0.25, -0.2) is 0 Å². The molecule has 0 N–H and O–H groups in total. The molecule has 0 atom stereocenters. The van der Waals surface area contributed by atoms with Crippen molar-refractivity contribution in [3.63, 3.8) is 0 Å². The van der Waals surface area contributed by atoms with Crippen molar-refractivity contribution in [2.75, 3.05) is 19.1 Å². The van der Waals surface area contributed by atoms with E-state index in [1.165, 1.54) is 10.3 Å². The van der Waals surface area contributed by atoms with Crippen molar-refractivity contribution in [3.05, 3.63) is 58.4 Å². The Morgan fingerprint density at radius 2 is 1.93 bits per heavy atom. The van der Waals surface area contributed by atoms with Crippen LogP contribution in [0.1, 0.15) is 18.1 Å². The molecule has 3 rings (SSSR count). The second kappa shape index (κ2) is 9.24. The lowest BCUT2D eigenvalue weighted by molar-refractivity contribution is -0.117. The van der Waals surface area contributed by atoms with Crippen molar-refractivity contribution in [3.8, 4) is 5.75 Å². The van der Waals surface area contributed by atoms with Crippen molar-refractivity contribution in [1.29, 1.82) is 0 Å². The van der Waals surface area contributed by atoms with Crippen LogP contribution in [0.5, 0.6) is 5.75 Å². The smallest absolute Gasteiger partial charge is 0.252 e. The third kappa shape index (κ3) is 4.82. The van der Waals surface area contributed by atoms with Gasteiger partial charge in [-0.05, 0) is 48.1 Å². The first kappa shape index (κ1) is 19.7. The van der Waals surface area contributed by atoms with Crippen LogP contribution in [-0.2, 0) is 24.2 Å². The molecule has 0 saturated carbocycles. The van der Waals surface area contributed by atoms with Gasteiger partial charge in [0.05, 0.1) is 23.7 Å². The first-order valence-corrected chi connectivity index (χ1v) is 11.2.